The minimum atomic E-state index is 0.421. The van der Waals surface area contributed by atoms with Crippen LogP contribution in [0.1, 0.15) is 25.7 Å². The van der Waals surface area contributed by atoms with Gasteiger partial charge in [-0.15, -0.1) is 0 Å². The maximum absolute atomic E-state index is 5.40. The van der Waals surface area contributed by atoms with Crippen molar-refractivity contribution in [2.45, 2.75) is 37.8 Å². The minimum absolute atomic E-state index is 0.421. The molecule has 0 saturated heterocycles. The number of hydrogen-bond acceptors (Lipinski definition) is 4. The molecule has 1 aromatic heterocycles. The molecule has 4 nitrogen and oxygen atoms in total. The molecule has 1 N–H and O–H groups in total. The third kappa shape index (κ3) is 3.58. The predicted octanol–water partition coefficient (Wildman–Crippen LogP) is 3.51. The molecular formula is C17H21N3O. The Bertz CT molecular complexity index is 548. The molecule has 0 radical (unpaired) electrons. The lowest BCUT2D eigenvalue weighted by Gasteiger charge is -2.28. The van der Waals surface area contributed by atoms with Gasteiger partial charge in [0.15, 0.2) is 0 Å². The number of hydrogen-bond donors (Lipinski definition) is 1. The van der Waals surface area contributed by atoms with Crippen LogP contribution in [-0.4, -0.2) is 29.2 Å². The summed E-state index contributed by atoms with van der Waals surface area (Å²) in [4.78, 5) is 8.87. The average molecular weight is 283 g/mol. The highest BCUT2D eigenvalue weighted by atomic mass is 16.5. The van der Waals surface area contributed by atoms with E-state index in [1.165, 1.54) is 0 Å². The molecule has 0 atom stereocenters. The summed E-state index contributed by atoms with van der Waals surface area (Å²) in [7, 11) is 1.80. The lowest BCUT2D eigenvalue weighted by Crippen LogP contribution is -2.29. The Hall–Kier alpha value is -1.94. The fourth-order valence-electron chi connectivity index (χ4n) is 2.81. The van der Waals surface area contributed by atoms with E-state index in [-0.39, 0.29) is 0 Å². The molecule has 2 aromatic rings. The van der Waals surface area contributed by atoms with Gasteiger partial charge in [0, 0.05) is 31.1 Å². The van der Waals surface area contributed by atoms with Crippen molar-refractivity contribution in [2.75, 3.05) is 12.4 Å². The molecule has 110 valence electrons. The third-order valence-corrected chi connectivity index (χ3v) is 4.10. The van der Waals surface area contributed by atoms with Gasteiger partial charge in [-0.25, -0.2) is 9.97 Å². The van der Waals surface area contributed by atoms with Gasteiger partial charge in [0.25, 0.3) is 0 Å². The Morgan fingerprint density at radius 2 is 1.62 bits per heavy atom. The van der Waals surface area contributed by atoms with Crippen molar-refractivity contribution in [2.24, 2.45) is 0 Å². The van der Waals surface area contributed by atoms with E-state index in [4.69, 9.17) is 4.74 Å². The lowest BCUT2D eigenvalue weighted by atomic mass is 9.93. The summed E-state index contributed by atoms with van der Waals surface area (Å²) < 4.78 is 5.40. The van der Waals surface area contributed by atoms with E-state index in [0.717, 1.165) is 42.8 Å². The normalized spacial score (nSPS) is 22.0. The SMILES string of the molecule is COC1CCC(Nc2ncc(-c3ccccc3)cn2)CC1. The molecule has 21 heavy (non-hydrogen) atoms. The number of aromatic nitrogens is 2. The first-order valence-electron chi connectivity index (χ1n) is 7.52. The zero-order valence-electron chi connectivity index (χ0n) is 12.3. The van der Waals surface area contributed by atoms with Crippen molar-refractivity contribution in [3.8, 4) is 11.1 Å². The first-order valence-corrected chi connectivity index (χ1v) is 7.52. The molecule has 4 heteroatoms. The highest BCUT2D eigenvalue weighted by Gasteiger charge is 2.21. The number of methoxy groups -OCH3 is 1. The Balaban J connectivity index is 1.60. The highest BCUT2D eigenvalue weighted by molar-refractivity contribution is 5.61. The van der Waals surface area contributed by atoms with Crippen molar-refractivity contribution in [1.82, 2.24) is 9.97 Å². The Labute approximate surface area is 125 Å². The Morgan fingerprint density at radius 1 is 0.952 bits per heavy atom. The van der Waals surface area contributed by atoms with Crippen molar-refractivity contribution >= 4 is 5.95 Å². The molecule has 1 aliphatic carbocycles. The number of nitrogens with zero attached hydrogens (tertiary/aromatic N) is 2. The maximum Gasteiger partial charge on any atom is 0.222 e. The van der Waals surface area contributed by atoms with Crippen LogP contribution < -0.4 is 5.32 Å². The fraction of sp³-hybridized carbons (Fsp3) is 0.412. The smallest absolute Gasteiger partial charge is 0.222 e. The zero-order chi connectivity index (χ0) is 14.5. The lowest BCUT2D eigenvalue weighted by molar-refractivity contribution is 0.0681. The molecule has 0 amide bonds. The summed E-state index contributed by atoms with van der Waals surface area (Å²) in [6, 6.07) is 10.6. The minimum Gasteiger partial charge on any atom is -0.381 e. The van der Waals surface area contributed by atoms with Gasteiger partial charge < -0.3 is 10.1 Å². The molecule has 3 rings (SSSR count). The van der Waals surface area contributed by atoms with E-state index in [2.05, 4.69) is 27.4 Å². The number of benzene rings is 1. The van der Waals surface area contributed by atoms with Gasteiger partial charge in [-0.2, -0.15) is 0 Å². The van der Waals surface area contributed by atoms with E-state index in [9.17, 15) is 0 Å². The van der Waals surface area contributed by atoms with Gasteiger partial charge in [-0.1, -0.05) is 30.3 Å². The van der Waals surface area contributed by atoms with Crippen molar-refractivity contribution in [3.05, 3.63) is 42.7 Å². The summed E-state index contributed by atoms with van der Waals surface area (Å²) in [6.45, 7) is 0. The van der Waals surface area contributed by atoms with Crippen LogP contribution in [0.3, 0.4) is 0 Å². The average Bonchev–Trinajstić information content (AvgIpc) is 2.57. The van der Waals surface area contributed by atoms with E-state index < -0.39 is 0 Å². The molecule has 1 aromatic carbocycles. The molecule has 1 fully saturated rings. The van der Waals surface area contributed by atoms with E-state index >= 15 is 0 Å². The van der Waals surface area contributed by atoms with Gasteiger partial charge >= 0.3 is 0 Å². The molecule has 0 spiro atoms. The van der Waals surface area contributed by atoms with Gasteiger partial charge in [0.05, 0.1) is 6.10 Å². The van der Waals surface area contributed by atoms with Crippen LogP contribution in [0, 0.1) is 0 Å². The number of rotatable bonds is 4. The third-order valence-electron chi connectivity index (χ3n) is 4.10. The molecule has 1 aliphatic rings. The van der Waals surface area contributed by atoms with Crippen molar-refractivity contribution < 1.29 is 4.74 Å². The second kappa shape index (κ2) is 6.68. The first-order chi connectivity index (χ1) is 10.3. The van der Waals surface area contributed by atoms with Crippen LogP contribution in [0.2, 0.25) is 0 Å². The number of nitrogens with one attached hydrogen (secondary N) is 1. The molecule has 1 saturated carbocycles. The van der Waals surface area contributed by atoms with E-state index in [1.54, 1.807) is 7.11 Å². The van der Waals surface area contributed by atoms with Crippen LogP contribution in [0.15, 0.2) is 42.7 Å². The van der Waals surface area contributed by atoms with Crippen LogP contribution in [0.4, 0.5) is 5.95 Å². The molecular weight excluding hydrogens is 262 g/mol. The van der Waals surface area contributed by atoms with Gasteiger partial charge in [0.2, 0.25) is 5.95 Å². The molecule has 0 bridgehead atoms. The predicted molar refractivity (Wildman–Crippen MR) is 84.1 cm³/mol. The van der Waals surface area contributed by atoms with Crippen LogP contribution in [-0.2, 0) is 4.74 Å². The standard InChI is InChI=1S/C17H21N3O/c1-21-16-9-7-15(8-10-16)20-17-18-11-14(12-19-17)13-5-3-2-4-6-13/h2-6,11-12,15-16H,7-10H2,1H3,(H,18,19,20). The second-order valence-electron chi connectivity index (χ2n) is 5.52. The van der Waals surface area contributed by atoms with Gasteiger partial charge in [-0.3, -0.25) is 0 Å². The number of anilines is 1. The summed E-state index contributed by atoms with van der Waals surface area (Å²) >= 11 is 0. The monoisotopic (exact) mass is 283 g/mol. The molecule has 0 aliphatic heterocycles. The van der Waals surface area contributed by atoms with Crippen molar-refractivity contribution in [1.29, 1.82) is 0 Å². The van der Waals surface area contributed by atoms with Gasteiger partial charge in [-0.05, 0) is 31.2 Å². The van der Waals surface area contributed by atoms with Crippen LogP contribution in [0.25, 0.3) is 11.1 Å². The zero-order valence-corrected chi connectivity index (χ0v) is 12.3. The van der Waals surface area contributed by atoms with E-state index in [1.807, 2.05) is 30.6 Å². The second-order valence-corrected chi connectivity index (χ2v) is 5.52. The molecule has 1 heterocycles. The highest BCUT2D eigenvalue weighted by Crippen LogP contribution is 2.23. The fourth-order valence-corrected chi connectivity index (χ4v) is 2.81. The Kier molecular flexibility index (Phi) is 4.46. The van der Waals surface area contributed by atoms with Gasteiger partial charge in [0.1, 0.15) is 0 Å². The summed E-state index contributed by atoms with van der Waals surface area (Å²) in [5.41, 5.74) is 2.19. The number of ether oxygens (including phenoxy) is 1. The summed E-state index contributed by atoms with van der Waals surface area (Å²) in [6.07, 6.45) is 8.62. The summed E-state index contributed by atoms with van der Waals surface area (Å²) in [5.74, 6) is 0.718. The quantitative estimate of drug-likeness (QED) is 0.932. The topological polar surface area (TPSA) is 47.0 Å². The Morgan fingerprint density at radius 3 is 2.24 bits per heavy atom. The summed E-state index contributed by atoms with van der Waals surface area (Å²) in [5, 5.41) is 3.43. The van der Waals surface area contributed by atoms with Crippen molar-refractivity contribution in [3.63, 3.8) is 0 Å². The first kappa shape index (κ1) is 14.0. The largest absolute Gasteiger partial charge is 0.381 e. The molecule has 0 unspecified atom stereocenters. The van der Waals surface area contributed by atoms with Crippen LogP contribution in [0.5, 0.6) is 0 Å². The maximum atomic E-state index is 5.40. The van der Waals surface area contributed by atoms with Crippen LogP contribution >= 0.6 is 0 Å². The van der Waals surface area contributed by atoms with E-state index in [0.29, 0.717) is 12.1 Å².